The van der Waals surface area contributed by atoms with Crippen LogP contribution in [0.15, 0.2) is 28.6 Å². The number of phenolic OH excluding ortho intramolecular Hbond substituents is 1. The van der Waals surface area contributed by atoms with Crippen LogP contribution in [0.1, 0.15) is 10.4 Å². The van der Waals surface area contributed by atoms with E-state index in [1.165, 1.54) is 24.3 Å². The van der Waals surface area contributed by atoms with E-state index < -0.39 is 12.0 Å². The van der Waals surface area contributed by atoms with E-state index in [-0.39, 0.29) is 11.3 Å². The van der Waals surface area contributed by atoms with Crippen LogP contribution in [-0.4, -0.2) is 22.2 Å². The molecule has 0 aliphatic heterocycles. The Morgan fingerprint density at radius 1 is 1.40 bits per heavy atom. The van der Waals surface area contributed by atoms with Crippen LogP contribution in [0, 0.1) is 0 Å². The summed E-state index contributed by atoms with van der Waals surface area (Å²) in [7, 11) is 0. The van der Waals surface area contributed by atoms with E-state index in [4.69, 9.17) is 10.2 Å². The van der Waals surface area contributed by atoms with E-state index in [1.54, 1.807) is 0 Å². The summed E-state index contributed by atoms with van der Waals surface area (Å²) in [6.07, 6.45) is 0. The molecule has 0 unspecified atom stereocenters. The first kappa shape index (κ1) is 13.0. The van der Waals surface area contributed by atoms with Crippen LogP contribution in [0.5, 0.6) is 5.75 Å². The smallest absolute Gasteiger partial charge is 0.349 e. The maximum absolute atomic E-state index is 10.2. The summed E-state index contributed by atoms with van der Waals surface area (Å²) in [4.78, 5) is 19.6. The predicted octanol–water partition coefficient (Wildman–Crippen LogP) is 0.886. The minimum absolute atomic E-state index is 0.0279. The second-order valence-corrected chi connectivity index (χ2v) is 2.47. The lowest BCUT2D eigenvalue weighted by Crippen LogP contribution is -2.01. The quantitative estimate of drug-likeness (QED) is 0.660. The van der Waals surface area contributed by atoms with Crippen molar-refractivity contribution in [2.75, 3.05) is 0 Å². The van der Waals surface area contributed by atoms with E-state index in [0.29, 0.717) is 0 Å². The molecule has 15 heavy (non-hydrogen) atoms. The van der Waals surface area contributed by atoms with Crippen molar-refractivity contribution in [3.05, 3.63) is 29.8 Å². The molecule has 0 saturated heterocycles. The third-order valence-corrected chi connectivity index (χ3v) is 1.36. The first-order valence-corrected chi connectivity index (χ1v) is 3.99. The van der Waals surface area contributed by atoms with Gasteiger partial charge in [0.25, 0.3) is 0 Å². The normalized spacial score (nSPS) is 8.27. The molecule has 0 aliphatic rings. The summed E-state index contributed by atoms with van der Waals surface area (Å²) >= 11 is 3.83. The lowest BCUT2D eigenvalue weighted by molar-refractivity contribution is 0.0696. The summed E-state index contributed by atoms with van der Waals surface area (Å²) in [6.45, 7) is 0. The molecule has 2 amide bonds. The maximum atomic E-state index is 10.2. The van der Waals surface area contributed by atoms with Crippen LogP contribution in [0.25, 0.3) is 0 Å². The van der Waals surface area contributed by atoms with Gasteiger partial charge >= 0.3 is 12.0 Å². The topological polar surface area (TPSA) is 113 Å². The molecule has 1 rings (SSSR count). The van der Waals surface area contributed by atoms with Crippen LogP contribution in [0.2, 0.25) is 0 Å². The van der Waals surface area contributed by atoms with E-state index >= 15 is 0 Å². The van der Waals surface area contributed by atoms with Gasteiger partial charge in [-0.15, -0.1) is 4.36 Å². The molecular weight excluding hydrogens is 220 g/mol. The van der Waals surface area contributed by atoms with Crippen molar-refractivity contribution in [3.63, 3.8) is 0 Å². The second-order valence-electron chi connectivity index (χ2n) is 2.29. The van der Waals surface area contributed by atoms with Crippen molar-refractivity contribution in [1.82, 2.24) is 0 Å². The Morgan fingerprint density at radius 3 is 2.20 bits per heavy atom. The van der Waals surface area contributed by atoms with Gasteiger partial charge in [0.05, 0.1) is 5.56 Å². The molecule has 0 radical (unpaired) electrons. The van der Waals surface area contributed by atoms with E-state index in [1.807, 2.05) is 0 Å². The minimum atomic E-state index is -1.03. The molecule has 1 aromatic rings. The Bertz CT molecular complexity index is 381. The zero-order valence-electron chi connectivity index (χ0n) is 7.45. The van der Waals surface area contributed by atoms with Crippen LogP contribution in [0.3, 0.4) is 0 Å². The number of carbonyl (C=O) groups is 2. The average Bonchev–Trinajstić information content (AvgIpc) is 2.18. The Kier molecular flexibility index (Phi) is 5.57. The van der Waals surface area contributed by atoms with Gasteiger partial charge < -0.3 is 15.9 Å². The first-order chi connectivity index (χ1) is 6.97. The number of hydrogen-bond donors (Lipinski definition) is 3. The molecule has 4 N–H and O–H groups in total. The van der Waals surface area contributed by atoms with E-state index in [0.717, 1.165) is 0 Å². The van der Waals surface area contributed by atoms with Gasteiger partial charge in [0.1, 0.15) is 5.75 Å². The average molecular weight is 228 g/mol. The van der Waals surface area contributed by atoms with Gasteiger partial charge in [-0.25, -0.2) is 9.59 Å². The van der Waals surface area contributed by atoms with Crippen molar-refractivity contribution in [1.29, 1.82) is 0 Å². The summed E-state index contributed by atoms with van der Waals surface area (Å²) in [5, 5.41) is 17.2. The molecule has 1 aromatic carbocycles. The van der Waals surface area contributed by atoms with Crippen LogP contribution in [0.4, 0.5) is 4.79 Å². The zero-order valence-corrected chi connectivity index (χ0v) is 8.27. The molecule has 6 nitrogen and oxygen atoms in total. The summed E-state index contributed by atoms with van der Waals surface area (Å²) < 4.78 is 2.61. The highest BCUT2D eigenvalue weighted by Gasteiger charge is 2.00. The van der Waals surface area contributed by atoms with Crippen LogP contribution in [-0.2, 0) is 12.4 Å². The van der Waals surface area contributed by atoms with Gasteiger partial charge in [-0.1, -0.05) is 6.07 Å². The SMILES string of the molecule is NC(=O)N=S.O=C(O)c1cccc(O)c1. The number of aromatic carboxylic acids is 1. The first-order valence-electron chi connectivity index (χ1n) is 3.62. The van der Waals surface area contributed by atoms with Crippen LogP contribution >= 0.6 is 0 Å². The zero-order chi connectivity index (χ0) is 11.8. The van der Waals surface area contributed by atoms with Crippen molar-refractivity contribution in [3.8, 4) is 5.75 Å². The number of carbonyl (C=O) groups excluding carboxylic acids is 1. The Hall–Kier alpha value is -2.02. The van der Waals surface area contributed by atoms with Gasteiger partial charge in [-0.3, -0.25) is 0 Å². The molecule has 0 aromatic heterocycles. The van der Waals surface area contributed by atoms with Crippen molar-refractivity contribution in [2.45, 2.75) is 0 Å². The molecule has 0 aliphatic carbocycles. The highest BCUT2D eigenvalue weighted by Crippen LogP contribution is 2.09. The van der Waals surface area contributed by atoms with E-state index in [9.17, 15) is 9.59 Å². The molecule has 0 atom stereocenters. The summed E-state index contributed by atoms with van der Waals surface area (Å²) in [6, 6.07) is 4.72. The largest absolute Gasteiger partial charge is 0.508 e. The summed E-state index contributed by atoms with van der Waals surface area (Å²) in [5.41, 5.74) is 4.48. The molecule has 7 heteroatoms. The van der Waals surface area contributed by atoms with Gasteiger partial charge in [-0.2, -0.15) is 0 Å². The van der Waals surface area contributed by atoms with Crippen LogP contribution < -0.4 is 5.73 Å². The number of rotatable bonds is 1. The fourth-order valence-electron chi connectivity index (χ4n) is 0.639. The lowest BCUT2D eigenvalue weighted by Gasteiger charge is -1.92. The minimum Gasteiger partial charge on any atom is -0.508 e. The number of nitrogens with two attached hydrogens (primary N) is 1. The number of hydrogen-bond acceptors (Lipinski definition) is 4. The number of phenols is 1. The van der Waals surface area contributed by atoms with E-state index in [2.05, 4.69) is 22.5 Å². The van der Waals surface area contributed by atoms with Crippen molar-refractivity contribution in [2.24, 2.45) is 10.1 Å². The molecule has 0 bridgehead atoms. The molecular formula is C8H8N2O4S. The monoisotopic (exact) mass is 228 g/mol. The number of nitrogens with zero attached hydrogens (tertiary/aromatic N) is 1. The maximum Gasteiger partial charge on any atom is 0.349 e. The summed E-state index contributed by atoms with van der Waals surface area (Å²) in [5.74, 6) is -1.06. The fourth-order valence-corrected chi connectivity index (χ4v) is 0.639. The Morgan fingerprint density at radius 2 is 1.93 bits per heavy atom. The van der Waals surface area contributed by atoms with Gasteiger partial charge in [-0.05, 0) is 18.2 Å². The standard InChI is InChI=1S/C7H6O3.CH2N2OS/c8-6-3-1-2-5(4-6)7(9)10;2-1(4)3-5/h1-4,8H,(H,9,10);(H2,2,4). The number of carboxylic acid groups (broad SMARTS) is 1. The molecule has 0 saturated carbocycles. The Labute approximate surface area is 90.5 Å². The Balaban J connectivity index is 0.000000336. The second kappa shape index (κ2) is 6.44. The molecule has 0 heterocycles. The molecule has 0 fully saturated rings. The highest BCUT2D eigenvalue weighted by atomic mass is 32.1. The number of aromatic hydroxyl groups is 1. The lowest BCUT2D eigenvalue weighted by atomic mass is 10.2. The third kappa shape index (κ3) is 6.11. The molecule has 80 valence electrons. The molecule has 0 spiro atoms. The number of primary amides is 1. The fraction of sp³-hybridized carbons (Fsp3) is 0. The number of urea groups is 1. The third-order valence-electron chi connectivity index (χ3n) is 1.18. The number of amides is 2. The number of benzene rings is 1. The number of carboxylic acids is 1. The van der Waals surface area contributed by atoms with Gasteiger partial charge in [0.2, 0.25) is 0 Å². The predicted molar refractivity (Wildman–Crippen MR) is 54.4 cm³/mol. The van der Waals surface area contributed by atoms with Crippen molar-refractivity contribution < 1.29 is 19.8 Å². The van der Waals surface area contributed by atoms with Gasteiger partial charge in [0, 0.05) is 12.4 Å². The van der Waals surface area contributed by atoms with Gasteiger partial charge in [0.15, 0.2) is 0 Å². The highest BCUT2D eigenvalue weighted by molar-refractivity contribution is 7.47. The van der Waals surface area contributed by atoms with Crippen molar-refractivity contribution >= 4 is 24.4 Å².